The highest BCUT2D eigenvalue weighted by Crippen LogP contribution is 2.45. The van der Waals surface area contributed by atoms with E-state index in [4.69, 9.17) is 18.9 Å². The number of para-hydroxylation sites is 1. The molecule has 0 radical (unpaired) electrons. The molecule has 2 heterocycles. The molecular formula is C25H33NO4. The van der Waals surface area contributed by atoms with Gasteiger partial charge in [-0.3, -0.25) is 0 Å². The number of benzene rings is 2. The van der Waals surface area contributed by atoms with Crippen LogP contribution < -0.4 is 19.5 Å². The molecule has 0 amide bonds. The maximum atomic E-state index is 6.12. The Morgan fingerprint density at radius 1 is 1.13 bits per heavy atom. The normalized spacial score (nSPS) is 23.0. The first kappa shape index (κ1) is 21.0. The van der Waals surface area contributed by atoms with Crippen LogP contribution in [-0.4, -0.2) is 33.2 Å². The van der Waals surface area contributed by atoms with Gasteiger partial charge in [-0.1, -0.05) is 38.1 Å². The van der Waals surface area contributed by atoms with Crippen LogP contribution in [0, 0.1) is 5.92 Å². The minimum absolute atomic E-state index is 0.0572. The Kier molecular flexibility index (Phi) is 6.49. The van der Waals surface area contributed by atoms with Gasteiger partial charge in [0.2, 0.25) is 6.79 Å². The van der Waals surface area contributed by atoms with E-state index in [0.717, 1.165) is 56.2 Å². The van der Waals surface area contributed by atoms with Gasteiger partial charge in [-0.15, -0.1) is 0 Å². The third-order valence-corrected chi connectivity index (χ3v) is 6.47. The summed E-state index contributed by atoms with van der Waals surface area (Å²) >= 11 is 0. The lowest BCUT2D eigenvalue weighted by Crippen LogP contribution is -2.42. The van der Waals surface area contributed by atoms with Crippen molar-refractivity contribution >= 4 is 0 Å². The first-order chi connectivity index (χ1) is 14.6. The third-order valence-electron chi connectivity index (χ3n) is 6.47. The van der Waals surface area contributed by atoms with Crippen molar-refractivity contribution < 1.29 is 18.9 Å². The van der Waals surface area contributed by atoms with Crippen LogP contribution in [-0.2, 0) is 16.7 Å². The Labute approximate surface area is 179 Å². The van der Waals surface area contributed by atoms with Crippen molar-refractivity contribution in [1.29, 1.82) is 0 Å². The molecule has 0 saturated carbocycles. The molecule has 2 aliphatic rings. The SMILES string of the molecule is COc1ccccc1C1(CCNCc2ccc3c(c2)OCO3)CCOC(C(C)C)C1. The van der Waals surface area contributed by atoms with E-state index in [1.54, 1.807) is 7.11 Å². The minimum atomic E-state index is 0.0572. The molecular weight excluding hydrogens is 378 g/mol. The van der Waals surface area contributed by atoms with Crippen LogP contribution >= 0.6 is 0 Å². The summed E-state index contributed by atoms with van der Waals surface area (Å²) in [5, 5.41) is 3.64. The Morgan fingerprint density at radius 2 is 1.97 bits per heavy atom. The van der Waals surface area contributed by atoms with Gasteiger partial charge in [-0.2, -0.15) is 0 Å². The average Bonchev–Trinajstić information content (AvgIpc) is 3.25. The number of methoxy groups -OCH3 is 1. The molecule has 4 rings (SSSR count). The summed E-state index contributed by atoms with van der Waals surface area (Å²) < 4.78 is 22.8. The second-order valence-corrected chi connectivity index (χ2v) is 8.70. The standard InChI is InChI=1S/C25H33NO4/c1-18(2)24-15-25(11-13-28-24,20-6-4-5-7-21(20)27-3)10-12-26-16-19-8-9-22-23(14-19)30-17-29-22/h4-9,14,18,24,26H,10-13,15-17H2,1-3H3. The Balaban J connectivity index is 1.46. The molecule has 2 aliphatic heterocycles. The molecule has 5 heteroatoms. The van der Waals surface area contributed by atoms with Crippen molar-refractivity contribution in [3.05, 3.63) is 53.6 Å². The highest BCUT2D eigenvalue weighted by atomic mass is 16.7. The van der Waals surface area contributed by atoms with Crippen molar-refractivity contribution in [2.75, 3.05) is 27.1 Å². The summed E-state index contributed by atoms with van der Waals surface area (Å²) in [5.74, 6) is 3.15. The summed E-state index contributed by atoms with van der Waals surface area (Å²) in [6.45, 7) is 7.34. The molecule has 5 nitrogen and oxygen atoms in total. The minimum Gasteiger partial charge on any atom is -0.496 e. The van der Waals surface area contributed by atoms with Gasteiger partial charge in [-0.05, 0) is 55.5 Å². The average molecular weight is 412 g/mol. The van der Waals surface area contributed by atoms with E-state index < -0.39 is 0 Å². The zero-order valence-electron chi connectivity index (χ0n) is 18.3. The van der Waals surface area contributed by atoms with Crippen LogP contribution in [0.1, 0.15) is 44.2 Å². The van der Waals surface area contributed by atoms with E-state index in [-0.39, 0.29) is 11.5 Å². The van der Waals surface area contributed by atoms with Gasteiger partial charge in [0, 0.05) is 24.1 Å². The molecule has 0 aromatic heterocycles. The predicted octanol–water partition coefficient (Wildman–Crippen LogP) is 4.68. The second-order valence-electron chi connectivity index (χ2n) is 8.70. The fourth-order valence-electron chi connectivity index (χ4n) is 4.68. The van der Waals surface area contributed by atoms with E-state index in [1.165, 1.54) is 11.1 Å². The molecule has 162 valence electrons. The molecule has 2 aromatic rings. The molecule has 2 atom stereocenters. The fourth-order valence-corrected chi connectivity index (χ4v) is 4.68. The maximum absolute atomic E-state index is 6.12. The van der Waals surface area contributed by atoms with E-state index in [1.807, 2.05) is 12.1 Å². The molecule has 2 unspecified atom stereocenters. The summed E-state index contributed by atoms with van der Waals surface area (Å²) in [6.07, 6.45) is 3.36. The van der Waals surface area contributed by atoms with Gasteiger partial charge in [0.15, 0.2) is 11.5 Å². The van der Waals surface area contributed by atoms with Crippen LogP contribution in [0.3, 0.4) is 0 Å². The lowest BCUT2D eigenvalue weighted by molar-refractivity contribution is -0.0473. The Bertz CT molecular complexity index is 853. The Morgan fingerprint density at radius 3 is 2.80 bits per heavy atom. The number of nitrogens with one attached hydrogen (secondary N) is 1. The Hall–Kier alpha value is -2.24. The van der Waals surface area contributed by atoms with Crippen molar-refractivity contribution in [2.24, 2.45) is 5.92 Å². The number of rotatable bonds is 8. The van der Waals surface area contributed by atoms with Crippen LogP contribution in [0.2, 0.25) is 0 Å². The van der Waals surface area contributed by atoms with Crippen LogP contribution in [0.4, 0.5) is 0 Å². The second kappa shape index (κ2) is 9.27. The van der Waals surface area contributed by atoms with Crippen molar-refractivity contribution in [2.45, 2.75) is 51.2 Å². The smallest absolute Gasteiger partial charge is 0.231 e. The van der Waals surface area contributed by atoms with Crippen LogP contribution in [0.25, 0.3) is 0 Å². The van der Waals surface area contributed by atoms with Gasteiger partial charge in [0.1, 0.15) is 5.75 Å². The van der Waals surface area contributed by atoms with E-state index in [0.29, 0.717) is 12.7 Å². The summed E-state index contributed by atoms with van der Waals surface area (Å²) in [6, 6.07) is 14.6. The monoisotopic (exact) mass is 411 g/mol. The first-order valence-corrected chi connectivity index (χ1v) is 11.0. The van der Waals surface area contributed by atoms with Gasteiger partial charge in [-0.25, -0.2) is 0 Å². The predicted molar refractivity (Wildman–Crippen MR) is 117 cm³/mol. The highest BCUT2D eigenvalue weighted by molar-refractivity contribution is 5.44. The van der Waals surface area contributed by atoms with Gasteiger partial charge in [0.05, 0.1) is 13.2 Å². The lowest BCUT2D eigenvalue weighted by atomic mass is 9.68. The fraction of sp³-hybridized carbons (Fsp3) is 0.520. The van der Waals surface area contributed by atoms with E-state index in [2.05, 4.69) is 49.5 Å². The van der Waals surface area contributed by atoms with Crippen molar-refractivity contribution in [3.8, 4) is 17.2 Å². The van der Waals surface area contributed by atoms with Crippen molar-refractivity contribution in [3.63, 3.8) is 0 Å². The zero-order chi connectivity index (χ0) is 21.0. The van der Waals surface area contributed by atoms with Crippen LogP contribution in [0.5, 0.6) is 17.2 Å². The largest absolute Gasteiger partial charge is 0.496 e. The molecule has 1 fully saturated rings. The molecule has 30 heavy (non-hydrogen) atoms. The molecule has 0 aliphatic carbocycles. The number of fused-ring (bicyclic) bond motifs is 1. The van der Waals surface area contributed by atoms with Crippen LogP contribution in [0.15, 0.2) is 42.5 Å². The lowest BCUT2D eigenvalue weighted by Gasteiger charge is -2.43. The van der Waals surface area contributed by atoms with Gasteiger partial charge >= 0.3 is 0 Å². The first-order valence-electron chi connectivity index (χ1n) is 11.0. The molecule has 0 bridgehead atoms. The summed E-state index contributed by atoms with van der Waals surface area (Å²) in [7, 11) is 1.77. The molecule has 0 spiro atoms. The van der Waals surface area contributed by atoms with Gasteiger partial charge < -0.3 is 24.3 Å². The van der Waals surface area contributed by atoms with E-state index in [9.17, 15) is 0 Å². The highest BCUT2D eigenvalue weighted by Gasteiger charge is 2.40. The molecule has 1 N–H and O–H groups in total. The number of ether oxygens (including phenoxy) is 4. The van der Waals surface area contributed by atoms with Crippen molar-refractivity contribution in [1.82, 2.24) is 5.32 Å². The molecule has 2 aromatic carbocycles. The topological polar surface area (TPSA) is 49.0 Å². The van der Waals surface area contributed by atoms with E-state index >= 15 is 0 Å². The van der Waals surface area contributed by atoms with Gasteiger partial charge in [0.25, 0.3) is 0 Å². The summed E-state index contributed by atoms with van der Waals surface area (Å²) in [4.78, 5) is 0. The summed E-state index contributed by atoms with van der Waals surface area (Å²) in [5.41, 5.74) is 2.57. The maximum Gasteiger partial charge on any atom is 0.231 e. The zero-order valence-corrected chi connectivity index (χ0v) is 18.3. The molecule has 1 saturated heterocycles. The quantitative estimate of drug-likeness (QED) is 0.640. The number of hydrogen-bond acceptors (Lipinski definition) is 5. The third kappa shape index (κ3) is 4.42. The number of hydrogen-bond donors (Lipinski definition) is 1.